The second kappa shape index (κ2) is 4.83. The second-order valence-corrected chi connectivity index (χ2v) is 4.83. The predicted octanol–water partition coefficient (Wildman–Crippen LogP) is 2.26. The van der Waals surface area contributed by atoms with Gasteiger partial charge in [0.25, 0.3) is 5.91 Å². The molecular weight excluding hydrogens is 261 g/mol. The van der Waals surface area contributed by atoms with Crippen molar-refractivity contribution in [2.24, 2.45) is 0 Å². The number of carbonyl (C=O) groups excluding carboxylic acids is 1. The number of nitrogens with one attached hydrogen (secondary N) is 1. The van der Waals surface area contributed by atoms with Crippen molar-refractivity contribution in [3.8, 4) is 0 Å². The average molecular weight is 268 g/mol. The van der Waals surface area contributed by atoms with Crippen LogP contribution in [0.3, 0.4) is 0 Å². The minimum atomic E-state index is -1.10. The third kappa shape index (κ3) is 3.09. The van der Waals surface area contributed by atoms with E-state index in [-0.39, 0.29) is 9.90 Å². The molecule has 1 aromatic rings. The maximum atomic E-state index is 11.4. The number of aliphatic carboxylic acids is 1. The van der Waals surface area contributed by atoms with Crippen molar-refractivity contribution in [2.75, 3.05) is 0 Å². The molecule has 4 nitrogen and oxygen atoms in total. The highest BCUT2D eigenvalue weighted by molar-refractivity contribution is 7.18. The largest absolute Gasteiger partial charge is 0.480 e. The molecule has 0 aromatic carbocycles. The molecule has 1 unspecified atom stereocenters. The summed E-state index contributed by atoms with van der Waals surface area (Å²) in [5.74, 6) is -1.60. The zero-order valence-electron chi connectivity index (χ0n) is 7.58. The number of amides is 1. The van der Waals surface area contributed by atoms with Crippen LogP contribution >= 0.6 is 34.5 Å². The van der Waals surface area contributed by atoms with Crippen molar-refractivity contribution in [2.45, 2.75) is 13.0 Å². The van der Waals surface area contributed by atoms with Gasteiger partial charge >= 0.3 is 5.97 Å². The molecule has 7 heteroatoms. The molecule has 0 radical (unpaired) electrons. The highest BCUT2D eigenvalue weighted by atomic mass is 35.5. The Hall–Kier alpha value is -0.780. The lowest BCUT2D eigenvalue weighted by molar-refractivity contribution is -0.138. The van der Waals surface area contributed by atoms with Crippen LogP contribution in [0.5, 0.6) is 0 Å². The van der Waals surface area contributed by atoms with E-state index in [2.05, 4.69) is 5.32 Å². The normalized spacial score (nSPS) is 12.2. The Bertz CT molecular complexity index is 385. The van der Waals surface area contributed by atoms with Crippen LogP contribution in [0, 0.1) is 0 Å². The second-order valence-electron chi connectivity index (χ2n) is 2.77. The highest BCUT2D eigenvalue weighted by Crippen LogP contribution is 2.31. The third-order valence-corrected chi connectivity index (χ3v) is 3.45. The summed E-state index contributed by atoms with van der Waals surface area (Å²) in [6.45, 7) is 1.37. The monoisotopic (exact) mass is 267 g/mol. The molecule has 0 aliphatic carbocycles. The predicted molar refractivity (Wildman–Crippen MR) is 58.9 cm³/mol. The smallest absolute Gasteiger partial charge is 0.325 e. The lowest BCUT2D eigenvalue weighted by Gasteiger charge is -2.06. The molecule has 0 aliphatic rings. The first-order valence-electron chi connectivity index (χ1n) is 3.90. The number of rotatable bonds is 3. The van der Waals surface area contributed by atoms with Gasteiger partial charge in [0.15, 0.2) is 0 Å². The minimum Gasteiger partial charge on any atom is -0.480 e. The van der Waals surface area contributed by atoms with Gasteiger partial charge in [-0.2, -0.15) is 0 Å². The van der Waals surface area contributed by atoms with E-state index >= 15 is 0 Å². The Labute approximate surface area is 99.8 Å². The number of carboxylic acid groups (broad SMARTS) is 1. The molecule has 0 aliphatic heterocycles. The van der Waals surface area contributed by atoms with Crippen LogP contribution in [-0.4, -0.2) is 23.0 Å². The lowest BCUT2D eigenvalue weighted by Crippen LogP contribution is -2.37. The van der Waals surface area contributed by atoms with Crippen LogP contribution in [0.4, 0.5) is 0 Å². The Balaban J connectivity index is 2.73. The van der Waals surface area contributed by atoms with Crippen LogP contribution < -0.4 is 5.32 Å². The van der Waals surface area contributed by atoms with E-state index in [4.69, 9.17) is 28.3 Å². The van der Waals surface area contributed by atoms with Gasteiger partial charge in [-0.05, 0) is 13.0 Å². The van der Waals surface area contributed by atoms with Crippen LogP contribution in [0.15, 0.2) is 6.07 Å². The van der Waals surface area contributed by atoms with Crippen LogP contribution in [-0.2, 0) is 4.79 Å². The molecule has 0 spiro atoms. The zero-order valence-corrected chi connectivity index (χ0v) is 9.91. The number of hydrogen-bond donors (Lipinski definition) is 2. The summed E-state index contributed by atoms with van der Waals surface area (Å²) in [5, 5.41) is 11.2. The van der Waals surface area contributed by atoms with E-state index in [1.165, 1.54) is 13.0 Å². The van der Waals surface area contributed by atoms with E-state index < -0.39 is 17.9 Å². The summed E-state index contributed by atoms with van der Waals surface area (Å²) in [6, 6.07) is 0.454. The summed E-state index contributed by atoms with van der Waals surface area (Å²) in [5.41, 5.74) is 0. The highest BCUT2D eigenvalue weighted by Gasteiger charge is 2.17. The minimum absolute atomic E-state index is 0.287. The molecule has 0 fully saturated rings. The zero-order chi connectivity index (χ0) is 11.6. The molecular formula is C8H7Cl2NO3S. The lowest BCUT2D eigenvalue weighted by atomic mass is 10.3. The summed E-state index contributed by atoms with van der Waals surface area (Å²) < 4.78 is 0.310. The quantitative estimate of drug-likeness (QED) is 0.883. The molecule has 1 aromatic heterocycles. The molecule has 15 heavy (non-hydrogen) atoms. The van der Waals surface area contributed by atoms with E-state index in [9.17, 15) is 9.59 Å². The summed E-state index contributed by atoms with van der Waals surface area (Å²) >= 11 is 12.3. The van der Waals surface area contributed by atoms with Crippen molar-refractivity contribution >= 4 is 46.4 Å². The van der Waals surface area contributed by atoms with Crippen molar-refractivity contribution < 1.29 is 14.7 Å². The Kier molecular flexibility index (Phi) is 3.96. The van der Waals surface area contributed by atoms with Crippen molar-refractivity contribution in [3.05, 3.63) is 20.3 Å². The standard InChI is InChI=1S/C8H7Cl2NO3S/c1-3(8(13)14)11-7(12)5-2-4(9)6(10)15-5/h2-3H,1H3,(H,11,12)(H,13,14). The maximum absolute atomic E-state index is 11.4. The van der Waals surface area contributed by atoms with Gasteiger partial charge < -0.3 is 10.4 Å². The molecule has 0 saturated carbocycles. The van der Waals surface area contributed by atoms with Gasteiger partial charge in [-0.15, -0.1) is 11.3 Å². The van der Waals surface area contributed by atoms with E-state index in [0.717, 1.165) is 11.3 Å². The number of carboxylic acids is 1. The fourth-order valence-corrected chi connectivity index (χ4v) is 2.06. The van der Waals surface area contributed by atoms with Crippen LogP contribution in [0.1, 0.15) is 16.6 Å². The van der Waals surface area contributed by atoms with Crippen LogP contribution in [0.25, 0.3) is 0 Å². The van der Waals surface area contributed by atoms with Crippen molar-refractivity contribution in [3.63, 3.8) is 0 Å². The fraction of sp³-hybridized carbons (Fsp3) is 0.250. The number of halogens is 2. The van der Waals surface area contributed by atoms with Gasteiger partial charge in [-0.3, -0.25) is 9.59 Å². The van der Waals surface area contributed by atoms with E-state index in [0.29, 0.717) is 4.34 Å². The maximum Gasteiger partial charge on any atom is 0.325 e. The average Bonchev–Trinajstić information content (AvgIpc) is 2.46. The Morgan fingerprint density at radius 1 is 1.53 bits per heavy atom. The molecule has 0 bridgehead atoms. The summed E-state index contributed by atoms with van der Waals surface area (Å²) in [7, 11) is 0. The number of hydrogen-bond acceptors (Lipinski definition) is 3. The van der Waals surface area contributed by atoms with Gasteiger partial charge in [0.2, 0.25) is 0 Å². The Morgan fingerprint density at radius 3 is 2.53 bits per heavy atom. The van der Waals surface area contributed by atoms with Gasteiger partial charge in [0, 0.05) is 0 Å². The summed E-state index contributed by atoms with van der Waals surface area (Å²) in [6.07, 6.45) is 0. The SMILES string of the molecule is CC(NC(=O)c1cc(Cl)c(Cl)s1)C(=O)O. The molecule has 1 heterocycles. The third-order valence-electron chi connectivity index (χ3n) is 1.59. The van der Waals surface area contributed by atoms with Gasteiger partial charge in [-0.25, -0.2) is 0 Å². The molecule has 2 N–H and O–H groups in total. The first-order valence-corrected chi connectivity index (χ1v) is 5.47. The first-order chi connectivity index (χ1) is 6.91. The topological polar surface area (TPSA) is 66.4 Å². The number of thiophene rings is 1. The van der Waals surface area contributed by atoms with Crippen molar-refractivity contribution in [1.82, 2.24) is 5.32 Å². The fourth-order valence-electron chi connectivity index (χ4n) is 0.788. The van der Waals surface area contributed by atoms with Gasteiger partial charge in [-0.1, -0.05) is 23.2 Å². The Morgan fingerprint density at radius 2 is 2.13 bits per heavy atom. The molecule has 1 atom stereocenters. The molecule has 1 rings (SSSR count). The van der Waals surface area contributed by atoms with E-state index in [1.54, 1.807) is 0 Å². The van der Waals surface area contributed by atoms with Gasteiger partial charge in [0.05, 0.1) is 9.90 Å². The van der Waals surface area contributed by atoms with Crippen molar-refractivity contribution in [1.29, 1.82) is 0 Å². The first kappa shape index (κ1) is 12.3. The van der Waals surface area contributed by atoms with E-state index in [1.807, 2.05) is 0 Å². The molecule has 82 valence electrons. The molecule has 1 amide bonds. The molecule has 0 saturated heterocycles. The summed E-state index contributed by atoms with van der Waals surface area (Å²) in [4.78, 5) is 22.2. The van der Waals surface area contributed by atoms with Gasteiger partial charge in [0.1, 0.15) is 10.4 Å². The van der Waals surface area contributed by atoms with Crippen LogP contribution in [0.2, 0.25) is 9.36 Å². The number of carbonyl (C=O) groups is 2.